The molecule has 8 aromatic rings. The summed E-state index contributed by atoms with van der Waals surface area (Å²) in [5.41, 5.74) is 13.3. The van der Waals surface area contributed by atoms with Crippen molar-refractivity contribution in [2.24, 2.45) is 0 Å². The topological polar surface area (TPSA) is 0 Å². The van der Waals surface area contributed by atoms with Gasteiger partial charge in [0.15, 0.2) is 0 Å². The quantitative estimate of drug-likeness (QED) is 0.0946. The molecule has 3 heteroatoms. The number of rotatable bonds is 10. The van der Waals surface area contributed by atoms with Gasteiger partial charge in [-0.25, -0.2) is 12.1 Å². The van der Waals surface area contributed by atoms with Crippen molar-refractivity contribution in [2.75, 3.05) is 0 Å². The first kappa shape index (κ1) is 47.3. The molecule has 320 valence electrons. The van der Waals surface area contributed by atoms with E-state index in [2.05, 4.69) is 195 Å². The number of fused-ring (bicyclic) bond motifs is 3. The molecule has 0 amide bonds. The Balaban J connectivity index is 0.000000193. The van der Waals surface area contributed by atoms with E-state index in [0.29, 0.717) is 0 Å². The molecule has 62 heavy (non-hydrogen) atoms. The summed E-state index contributed by atoms with van der Waals surface area (Å²) in [4.78, 5) is 0. The molecule has 8 rings (SSSR count). The van der Waals surface area contributed by atoms with Crippen LogP contribution < -0.4 is 0 Å². The maximum Gasteiger partial charge on any atom is -0.172 e. The number of hydrogen-bond acceptors (Lipinski definition) is 0. The van der Waals surface area contributed by atoms with E-state index in [0.717, 1.165) is 12.8 Å². The standard InChI is InChI=1S/C33H33.C21H26.C5H5.2ClH.Hf/c1-32(2,3)30-20-26-24(18-28(30)22-13-9-7-10-14-22)17-25-19-29(23-15-11-8-12-16-23)31(21-27(25)26)33(4,5)6;1-3-5-7-18-9-13-20(14-10-18)17-21-15-11-19(12-16-21)8-6-4-2;1-2-4-5-3-1;;;/h7-21H,1-6H3;9-16H,3-8H2,1-2H3;1-5H;2*1H;/q-1;;-1;;;+2/p-2. The predicted octanol–water partition coefficient (Wildman–Crippen LogP) is 17.9. The summed E-state index contributed by atoms with van der Waals surface area (Å²) in [6.07, 6.45) is 7.22. The van der Waals surface area contributed by atoms with E-state index in [9.17, 15) is 0 Å². The SMILES string of the molecule is CC(C)(C)c1cc2c(cc1-c1ccccc1)[cH-]c1cc(-c3ccccc3)c(C(C)(C)C)cc12.CCCCc1ccc([C](c2ccc(CCCC)cc2)=[Hf]([Cl])[Cl])cc1.c1cc[cH-]c1. The number of aryl methyl sites for hydroxylation is 2. The van der Waals surface area contributed by atoms with Crippen molar-refractivity contribution >= 4 is 42.0 Å². The third kappa shape index (κ3) is 12.3. The minimum Gasteiger partial charge on any atom is -0.214 e. The molecule has 0 N–H and O–H groups in total. The van der Waals surface area contributed by atoms with E-state index >= 15 is 0 Å². The van der Waals surface area contributed by atoms with E-state index < -0.39 is 18.6 Å². The first-order chi connectivity index (χ1) is 29.8. The molecule has 0 nitrogen and oxygen atoms in total. The van der Waals surface area contributed by atoms with Gasteiger partial charge < -0.3 is 0 Å². The van der Waals surface area contributed by atoms with E-state index in [4.69, 9.17) is 17.2 Å². The van der Waals surface area contributed by atoms with Crippen LogP contribution >= 0.6 is 17.2 Å². The van der Waals surface area contributed by atoms with Gasteiger partial charge in [-0.2, -0.15) is 18.2 Å². The van der Waals surface area contributed by atoms with Crippen LogP contribution in [0.5, 0.6) is 0 Å². The van der Waals surface area contributed by atoms with E-state index in [1.165, 1.54) is 106 Å². The molecule has 0 heterocycles. The zero-order chi connectivity index (χ0) is 44.3. The zero-order valence-electron chi connectivity index (χ0n) is 38.2. The summed E-state index contributed by atoms with van der Waals surface area (Å²) in [6.45, 7) is 18.4. The summed E-state index contributed by atoms with van der Waals surface area (Å²) < 4.78 is 1.20. The van der Waals surface area contributed by atoms with Crippen LogP contribution in [0.15, 0.2) is 170 Å². The maximum atomic E-state index is 6.50. The van der Waals surface area contributed by atoms with Crippen molar-refractivity contribution in [1.82, 2.24) is 0 Å². The summed E-state index contributed by atoms with van der Waals surface area (Å²) in [5.74, 6) is 0. The van der Waals surface area contributed by atoms with Gasteiger partial charge >= 0.3 is 162 Å². The van der Waals surface area contributed by atoms with Gasteiger partial charge in [-0.1, -0.05) is 114 Å². The molecule has 0 aromatic heterocycles. The van der Waals surface area contributed by atoms with E-state index in [-0.39, 0.29) is 10.8 Å². The minimum absolute atomic E-state index is 0.0554. The molecule has 0 aliphatic heterocycles. The Morgan fingerprint density at radius 3 is 1.19 bits per heavy atom. The van der Waals surface area contributed by atoms with Crippen molar-refractivity contribution in [3.8, 4) is 22.3 Å². The van der Waals surface area contributed by atoms with Crippen LogP contribution in [0.25, 0.3) is 43.8 Å². The van der Waals surface area contributed by atoms with E-state index in [1.807, 2.05) is 30.3 Å². The fourth-order valence-electron chi connectivity index (χ4n) is 8.20. The van der Waals surface area contributed by atoms with Crippen LogP contribution in [-0.2, 0) is 42.3 Å². The van der Waals surface area contributed by atoms with Crippen LogP contribution in [0.4, 0.5) is 0 Å². The van der Waals surface area contributed by atoms with Crippen molar-refractivity contribution in [3.63, 3.8) is 0 Å². The average Bonchev–Trinajstić information content (AvgIpc) is 3.97. The first-order valence-corrected chi connectivity index (χ1v) is 33.2. The van der Waals surface area contributed by atoms with Gasteiger partial charge in [0.05, 0.1) is 0 Å². The Bertz CT molecular complexity index is 2450. The van der Waals surface area contributed by atoms with Gasteiger partial charge in [0.1, 0.15) is 0 Å². The molecule has 0 aliphatic rings. The largest absolute Gasteiger partial charge is 0.214 e. The molecule has 0 aliphatic carbocycles. The molecular formula is C59H64Cl2Hf-2. The van der Waals surface area contributed by atoms with Gasteiger partial charge in [-0.15, -0.1) is 39.7 Å². The minimum atomic E-state index is -2.71. The Labute approximate surface area is 387 Å². The van der Waals surface area contributed by atoms with E-state index in [1.54, 1.807) is 0 Å². The first-order valence-electron chi connectivity index (χ1n) is 22.5. The Morgan fingerprint density at radius 2 is 0.887 bits per heavy atom. The van der Waals surface area contributed by atoms with Crippen LogP contribution in [0.1, 0.15) is 114 Å². The third-order valence-electron chi connectivity index (χ3n) is 11.6. The number of benzene rings is 6. The molecule has 0 atom stereocenters. The van der Waals surface area contributed by atoms with Gasteiger partial charge in [0.25, 0.3) is 0 Å². The molecular weight excluding hydrogens is 958 g/mol. The van der Waals surface area contributed by atoms with Crippen LogP contribution in [0, 0.1) is 0 Å². The summed E-state index contributed by atoms with van der Waals surface area (Å²) >= 11 is -2.71. The van der Waals surface area contributed by atoms with Crippen molar-refractivity contribution in [2.45, 2.75) is 105 Å². The summed E-state index contributed by atoms with van der Waals surface area (Å²) in [5, 5.41) is 5.36. The Morgan fingerprint density at radius 1 is 0.500 bits per heavy atom. The summed E-state index contributed by atoms with van der Waals surface area (Å²) in [6, 6.07) is 61.4. The smallest absolute Gasteiger partial charge is 0.172 e. The molecule has 0 unspecified atom stereocenters. The van der Waals surface area contributed by atoms with Crippen LogP contribution in [-0.4, -0.2) is 3.26 Å². The molecule has 0 radical (unpaired) electrons. The number of hydrogen-bond donors (Lipinski definition) is 0. The zero-order valence-corrected chi connectivity index (χ0v) is 43.3. The Kier molecular flexibility index (Phi) is 16.8. The molecule has 0 saturated heterocycles. The molecule has 0 fully saturated rings. The van der Waals surface area contributed by atoms with Gasteiger partial charge in [0, 0.05) is 0 Å². The van der Waals surface area contributed by atoms with Gasteiger partial charge in [-0.05, 0) is 44.2 Å². The van der Waals surface area contributed by atoms with Gasteiger partial charge in [-0.3, -0.25) is 0 Å². The van der Waals surface area contributed by atoms with Crippen molar-refractivity contribution in [1.29, 1.82) is 0 Å². The number of halogens is 2. The average molecular weight is 1020 g/mol. The second-order valence-electron chi connectivity index (χ2n) is 18.5. The molecule has 0 saturated carbocycles. The molecule has 8 aromatic carbocycles. The van der Waals surface area contributed by atoms with Gasteiger partial charge in [0.2, 0.25) is 0 Å². The Hall–Kier alpha value is -4.14. The normalized spacial score (nSPS) is 11.5. The number of unbranched alkanes of at least 4 members (excludes halogenated alkanes) is 2. The third-order valence-corrected chi connectivity index (χ3v) is 18.2. The fourth-order valence-corrected chi connectivity index (χ4v) is 14.5. The van der Waals surface area contributed by atoms with Crippen LogP contribution in [0.2, 0.25) is 0 Å². The van der Waals surface area contributed by atoms with Crippen molar-refractivity contribution < 1.29 is 18.6 Å². The second kappa shape index (κ2) is 22.0. The molecule has 0 spiro atoms. The van der Waals surface area contributed by atoms with Crippen LogP contribution in [0.3, 0.4) is 0 Å². The monoisotopic (exact) mass is 1020 g/mol. The second-order valence-corrected chi connectivity index (χ2v) is 30.0. The predicted molar refractivity (Wildman–Crippen MR) is 272 cm³/mol. The molecule has 0 bridgehead atoms. The summed E-state index contributed by atoms with van der Waals surface area (Å²) in [7, 11) is 13.0. The van der Waals surface area contributed by atoms with Crippen molar-refractivity contribution in [3.05, 3.63) is 203 Å². The fraction of sp³-hybridized carbons (Fsp3) is 0.271. The maximum absolute atomic E-state index is 6.50.